The number of nitrogens with one attached hydrogen (secondary N) is 1. The third kappa shape index (κ3) is 3.76. The van der Waals surface area contributed by atoms with Crippen molar-refractivity contribution in [3.63, 3.8) is 0 Å². The number of nitrogens with zero attached hydrogens (tertiary/aromatic N) is 2. The van der Waals surface area contributed by atoms with Gasteiger partial charge in [-0.05, 0) is 42.7 Å². The number of rotatable bonds is 4. The first-order chi connectivity index (χ1) is 10.9. The number of halogens is 1. The van der Waals surface area contributed by atoms with Gasteiger partial charge in [-0.25, -0.2) is 17.5 Å². The van der Waals surface area contributed by atoms with E-state index in [1.807, 2.05) is 0 Å². The van der Waals surface area contributed by atoms with E-state index in [9.17, 15) is 17.6 Å². The fourth-order valence-corrected chi connectivity index (χ4v) is 4.41. The Labute approximate surface area is 133 Å². The number of carbonyl (C=O) groups excluding carboxylic acids is 1. The molecule has 1 aromatic carbocycles. The molecular weight excluding hydrogens is 321 g/mol. The predicted octanol–water partition coefficient (Wildman–Crippen LogP) is 1.18. The number of sulfone groups is 1. The normalized spacial score (nSPS) is 19.6. The van der Waals surface area contributed by atoms with Gasteiger partial charge in [-0.3, -0.25) is 4.79 Å². The third-order valence-electron chi connectivity index (χ3n) is 3.79. The van der Waals surface area contributed by atoms with Crippen molar-refractivity contribution in [3.8, 4) is 5.69 Å². The lowest BCUT2D eigenvalue weighted by Crippen LogP contribution is -2.30. The molecule has 1 N–H and O–H groups in total. The lowest BCUT2D eigenvalue weighted by molar-refractivity contribution is 0.0943. The number of benzene rings is 1. The van der Waals surface area contributed by atoms with E-state index in [0.717, 1.165) is 0 Å². The van der Waals surface area contributed by atoms with Gasteiger partial charge in [-0.1, -0.05) is 0 Å². The molecule has 2 aromatic rings. The van der Waals surface area contributed by atoms with Crippen LogP contribution in [-0.2, 0) is 9.84 Å². The van der Waals surface area contributed by atoms with Crippen molar-refractivity contribution in [1.82, 2.24) is 15.1 Å². The van der Waals surface area contributed by atoms with Crippen molar-refractivity contribution in [3.05, 3.63) is 48.0 Å². The standard InChI is InChI=1S/C15H16FN3O3S/c16-12-1-3-13(4-2-12)19-7-5-14(18-19)15(20)17-9-11-6-8-23(21,22)10-11/h1-5,7,11H,6,8-10H2,(H,17,20)/t11-/m0/s1. The molecule has 1 fully saturated rings. The van der Waals surface area contributed by atoms with Gasteiger partial charge in [0, 0.05) is 12.7 Å². The number of hydrogen-bond acceptors (Lipinski definition) is 4. The van der Waals surface area contributed by atoms with Crippen LogP contribution in [0.3, 0.4) is 0 Å². The van der Waals surface area contributed by atoms with Crippen molar-refractivity contribution in [2.75, 3.05) is 18.1 Å². The molecule has 0 aliphatic carbocycles. The molecule has 3 rings (SSSR count). The molecule has 8 heteroatoms. The zero-order valence-corrected chi connectivity index (χ0v) is 13.1. The van der Waals surface area contributed by atoms with Crippen LogP contribution in [0.1, 0.15) is 16.9 Å². The summed E-state index contributed by atoms with van der Waals surface area (Å²) in [6, 6.07) is 7.32. The Morgan fingerprint density at radius 2 is 2.04 bits per heavy atom. The second-order valence-corrected chi connectivity index (χ2v) is 7.83. The van der Waals surface area contributed by atoms with Crippen LogP contribution < -0.4 is 5.32 Å². The van der Waals surface area contributed by atoms with E-state index < -0.39 is 9.84 Å². The molecule has 0 unspecified atom stereocenters. The van der Waals surface area contributed by atoms with Crippen LogP contribution in [0.25, 0.3) is 5.69 Å². The maximum atomic E-state index is 12.9. The summed E-state index contributed by atoms with van der Waals surface area (Å²) < 4.78 is 37.2. The summed E-state index contributed by atoms with van der Waals surface area (Å²) in [7, 11) is -2.95. The summed E-state index contributed by atoms with van der Waals surface area (Å²) in [6.45, 7) is 0.321. The minimum absolute atomic E-state index is 0.0388. The predicted molar refractivity (Wildman–Crippen MR) is 82.6 cm³/mol. The van der Waals surface area contributed by atoms with Crippen molar-refractivity contribution in [2.45, 2.75) is 6.42 Å². The average molecular weight is 337 g/mol. The van der Waals surface area contributed by atoms with Crippen LogP contribution in [0.2, 0.25) is 0 Å². The van der Waals surface area contributed by atoms with E-state index >= 15 is 0 Å². The first-order valence-electron chi connectivity index (χ1n) is 7.23. The van der Waals surface area contributed by atoms with E-state index in [1.54, 1.807) is 24.4 Å². The third-order valence-corrected chi connectivity index (χ3v) is 5.63. The zero-order chi connectivity index (χ0) is 16.4. The lowest BCUT2D eigenvalue weighted by Gasteiger charge is -2.08. The topological polar surface area (TPSA) is 81.1 Å². The van der Waals surface area contributed by atoms with Crippen LogP contribution in [0, 0.1) is 11.7 Å². The van der Waals surface area contributed by atoms with Crippen LogP contribution >= 0.6 is 0 Å². The van der Waals surface area contributed by atoms with Gasteiger partial charge >= 0.3 is 0 Å². The van der Waals surface area contributed by atoms with Crippen LogP contribution in [0.5, 0.6) is 0 Å². The summed E-state index contributed by atoms with van der Waals surface area (Å²) in [5.41, 5.74) is 0.877. The maximum Gasteiger partial charge on any atom is 0.271 e. The molecular formula is C15H16FN3O3S. The van der Waals surface area contributed by atoms with Gasteiger partial charge in [0.25, 0.3) is 5.91 Å². The molecule has 1 aliphatic heterocycles. The van der Waals surface area contributed by atoms with Gasteiger partial charge in [0.2, 0.25) is 0 Å². The van der Waals surface area contributed by atoms with Crippen molar-refractivity contribution in [2.24, 2.45) is 5.92 Å². The largest absolute Gasteiger partial charge is 0.350 e. The molecule has 1 atom stereocenters. The SMILES string of the molecule is O=C(NC[C@@H]1CCS(=O)(=O)C1)c1ccn(-c2ccc(F)cc2)n1. The minimum Gasteiger partial charge on any atom is -0.350 e. The number of carbonyl (C=O) groups is 1. The van der Waals surface area contributed by atoms with E-state index in [-0.39, 0.29) is 34.8 Å². The average Bonchev–Trinajstić information content (AvgIpc) is 3.12. The van der Waals surface area contributed by atoms with Gasteiger partial charge in [0.05, 0.1) is 17.2 Å². The highest BCUT2D eigenvalue weighted by molar-refractivity contribution is 7.91. The summed E-state index contributed by atoms with van der Waals surface area (Å²) in [5, 5.41) is 6.86. The number of amides is 1. The Balaban J connectivity index is 1.61. The van der Waals surface area contributed by atoms with E-state index in [2.05, 4.69) is 10.4 Å². The van der Waals surface area contributed by atoms with Crippen molar-refractivity contribution >= 4 is 15.7 Å². The molecule has 1 aliphatic rings. The highest BCUT2D eigenvalue weighted by Crippen LogP contribution is 2.17. The Morgan fingerprint density at radius 1 is 1.30 bits per heavy atom. The van der Waals surface area contributed by atoms with E-state index in [0.29, 0.717) is 18.7 Å². The second-order valence-electron chi connectivity index (χ2n) is 5.60. The van der Waals surface area contributed by atoms with Gasteiger partial charge in [0.15, 0.2) is 15.5 Å². The van der Waals surface area contributed by atoms with E-state index in [1.165, 1.54) is 16.8 Å². The summed E-state index contributed by atoms with van der Waals surface area (Å²) in [6.07, 6.45) is 2.19. The quantitative estimate of drug-likeness (QED) is 0.908. The molecule has 2 heterocycles. The molecule has 0 bridgehead atoms. The fourth-order valence-electron chi connectivity index (χ4n) is 2.54. The molecule has 1 amide bonds. The van der Waals surface area contributed by atoms with Crippen LogP contribution in [0.15, 0.2) is 36.5 Å². The molecule has 0 radical (unpaired) electrons. The second kappa shape index (κ2) is 6.11. The number of hydrogen-bond donors (Lipinski definition) is 1. The fraction of sp³-hybridized carbons (Fsp3) is 0.333. The first kappa shape index (κ1) is 15.7. The first-order valence-corrected chi connectivity index (χ1v) is 9.05. The summed E-state index contributed by atoms with van der Waals surface area (Å²) in [5.74, 6) is -0.423. The molecule has 0 spiro atoms. The van der Waals surface area contributed by atoms with Gasteiger partial charge in [-0.2, -0.15) is 5.10 Å². The Bertz CT molecular complexity index is 815. The highest BCUT2D eigenvalue weighted by Gasteiger charge is 2.28. The Kier molecular flexibility index (Phi) is 4.16. The molecule has 122 valence electrons. The molecule has 23 heavy (non-hydrogen) atoms. The van der Waals surface area contributed by atoms with Crippen LogP contribution in [0.4, 0.5) is 4.39 Å². The van der Waals surface area contributed by atoms with Gasteiger partial charge in [0.1, 0.15) is 5.82 Å². The lowest BCUT2D eigenvalue weighted by atomic mass is 10.1. The summed E-state index contributed by atoms with van der Waals surface area (Å²) in [4.78, 5) is 12.1. The smallest absolute Gasteiger partial charge is 0.271 e. The Morgan fingerprint density at radius 3 is 2.70 bits per heavy atom. The monoisotopic (exact) mass is 337 g/mol. The zero-order valence-electron chi connectivity index (χ0n) is 12.3. The maximum absolute atomic E-state index is 12.9. The van der Waals surface area contributed by atoms with E-state index in [4.69, 9.17) is 0 Å². The van der Waals surface area contributed by atoms with Crippen LogP contribution in [-0.4, -0.2) is 42.2 Å². The Hall–Kier alpha value is -2.22. The summed E-state index contributed by atoms with van der Waals surface area (Å²) >= 11 is 0. The van der Waals surface area contributed by atoms with Crippen molar-refractivity contribution in [1.29, 1.82) is 0 Å². The molecule has 6 nitrogen and oxygen atoms in total. The van der Waals surface area contributed by atoms with Crippen molar-refractivity contribution < 1.29 is 17.6 Å². The number of aromatic nitrogens is 2. The molecule has 0 saturated carbocycles. The molecule has 1 saturated heterocycles. The minimum atomic E-state index is -2.95. The highest BCUT2D eigenvalue weighted by atomic mass is 32.2. The van der Waals surface area contributed by atoms with Gasteiger partial charge < -0.3 is 5.32 Å². The molecule has 1 aromatic heterocycles. The van der Waals surface area contributed by atoms with Gasteiger partial charge in [-0.15, -0.1) is 0 Å².